The summed E-state index contributed by atoms with van der Waals surface area (Å²) in [5.41, 5.74) is 1.01. The Labute approximate surface area is 170 Å². The van der Waals surface area contributed by atoms with Gasteiger partial charge in [-0.1, -0.05) is 29.8 Å². The molecule has 26 heavy (non-hydrogen) atoms. The molecule has 0 saturated heterocycles. The summed E-state index contributed by atoms with van der Waals surface area (Å²) in [6, 6.07) is 9.64. The summed E-state index contributed by atoms with van der Waals surface area (Å²) < 4.78 is 4.55. The molecule has 3 rings (SSSR count). The molecule has 2 heterocycles. The van der Waals surface area contributed by atoms with Crippen LogP contribution >= 0.6 is 39.7 Å². The van der Waals surface area contributed by atoms with E-state index in [1.165, 1.54) is 0 Å². The summed E-state index contributed by atoms with van der Waals surface area (Å²) in [4.78, 5) is 0. The van der Waals surface area contributed by atoms with Gasteiger partial charge in [-0.3, -0.25) is 9.36 Å². The fourth-order valence-electron chi connectivity index (χ4n) is 2.39. The number of anilines is 1. The maximum Gasteiger partial charge on any atom is 0.172 e. The van der Waals surface area contributed by atoms with Gasteiger partial charge in [-0.2, -0.15) is 10.2 Å². The average Bonchev–Trinajstić information content (AvgIpc) is 3.24. The Morgan fingerprint density at radius 3 is 2.85 bits per heavy atom. The summed E-state index contributed by atoms with van der Waals surface area (Å²) in [6.45, 7) is 2.19. The van der Waals surface area contributed by atoms with Crippen molar-refractivity contribution in [3.63, 3.8) is 0 Å². The van der Waals surface area contributed by atoms with Gasteiger partial charge in [-0.05, 0) is 52.3 Å². The highest BCUT2D eigenvalue weighted by Gasteiger charge is 2.09. The zero-order valence-corrected chi connectivity index (χ0v) is 17.1. The zero-order valence-electron chi connectivity index (χ0n) is 13.9. The predicted octanol–water partition coefficient (Wildman–Crippen LogP) is 3.92. The molecule has 0 unspecified atom stereocenters. The third kappa shape index (κ3) is 5.30. The molecule has 0 saturated carbocycles. The van der Waals surface area contributed by atoms with Gasteiger partial charge >= 0.3 is 0 Å². The first-order valence-electron chi connectivity index (χ1n) is 8.10. The van der Waals surface area contributed by atoms with Crippen LogP contribution in [-0.4, -0.2) is 31.2 Å². The summed E-state index contributed by atoms with van der Waals surface area (Å²) in [7, 11) is 0. The molecule has 6 nitrogen and oxygen atoms in total. The van der Waals surface area contributed by atoms with Gasteiger partial charge in [0.2, 0.25) is 0 Å². The number of nitrogens with zero attached hydrogens (tertiary/aromatic N) is 4. The third-order valence-corrected chi connectivity index (χ3v) is 4.84. The fourth-order valence-corrected chi connectivity index (χ4v) is 3.20. The predicted molar refractivity (Wildman–Crippen MR) is 112 cm³/mol. The van der Waals surface area contributed by atoms with Crippen LogP contribution in [0.2, 0.25) is 5.02 Å². The van der Waals surface area contributed by atoms with Gasteiger partial charge in [0.15, 0.2) is 10.9 Å². The van der Waals surface area contributed by atoms with Crippen LogP contribution in [0.15, 0.2) is 53.4 Å². The zero-order chi connectivity index (χ0) is 18.4. The van der Waals surface area contributed by atoms with Crippen molar-refractivity contribution in [1.29, 1.82) is 0 Å². The smallest absolute Gasteiger partial charge is 0.172 e. The summed E-state index contributed by atoms with van der Waals surface area (Å²) >= 11 is 15.0. The van der Waals surface area contributed by atoms with E-state index in [4.69, 9.17) is 23.8 Å². The van der Waals surface area contributed by atoms with E-state index in [1.54, 1.807) is 6.20 Å². The van der Waals surface area contributed by atoms with Crippen molar-refractivity contribution >= 4 is 50.7 Å². The van der Waals surface area contributed by atoms with Crippen LogP contribution < -0.4 is 10.6 Å². The highest BCUT2D eigenvalue weighted by atomic mass is 79.9. The molecule has 0 aliphatic rings. The van der Waals surface area contributed by atoms with Gasteiger partial charge in [0, 0.05) is 36.7 Å². The van der Waals surface area contributed by atoms with Gasteiger partial charge in [0.1, 0.15) is 0 Å². The van der Waals surface area contributed by atoms with Crippen LogP contribution in [0.3, 0.4) is 0 Å². The number of aryl methyl sites for hydroxylation is 1. The first kappa shape index (κ1) is 18.9. The number of hydrogen-bond donors (Lipinski definition) is 2. The van der Waals surface area contributed by atoms with E-state index in [9.17, 15) is 0 Å². The molecular weight excluding hydrogens is 436 g/mol. The lowest BCUT2D eigenvalue weighted by molar-refractivity contribution is 0.574. The first-order valence-corrected chi connectivity index (χ1v) is 9.68. The van der Waals surface area contributed by atoms with Crippen LogP contribution in [0, 0.1) is 0 Å². The van der Waals surface area contributed by atoms with E-state index < -0.39 is 0 Å². The number of aromatic nitrogens is 4. The van der Waals surface area contributed by atoms with E-state index in [0.717, 1.165) is 34.6 Å². The van der Waals surface area contributed by atoms with Crippen LogP contribution in [-0.2, 0) is 13.1 Å². The van der Waals surface area contributed by atoms with Crippen molar-refractivity contribution in [3.8, 4) is 0 Å². The van der Waals surface area contributed by atoms with E-state index in [1.807, 2.05) is 52.1 Å². The average molecular weight is 454 g/mol. The molecule has 0 amide bonds. The summed E-state index contributed by atoms with van der Waals surface area (Å²) in [5.74, 6) is 0.668. The number of benzene rings is 1. The van der Waals surface area contributed by atoms with Gasteiger partial charge < -0.3 is 10.6 Å². The summed E-state index contributed by atoms with van der Waals surface area (Å²) in [6.07, 6.45) is 6.53. The lowest BCUT2D eigenvalue weighted by Gasteiger charge is -2.09. The van der Waals surface area contributed by atoms with E-state index >= 15 is 0 Å². The maximum atomic E-state index is 6.21. The Morgan fingerprint density at radius 2 is 2.08 bits per heavy atom. The minimum atomic E-state index is 0.536. The topological polar surface area (TPSA) is 59.7 Å². The van der Waals surface area contributed by atoms with Crippen molar-refractivity contribution in [2.45, 2.75) is 19.5 Å². The maximum absolute atomic E-state index is 6.21. The minimum Gasteiger partial charge on any atom is -0.362 e. The molecular formula is C17H18BrClN6S. The summed E-state index contributed by atoms with van der Waals surface area (Å²) in [5, 5.41) is 16.2. The molecule has 0 radical (unpaired) electrons. The van der Waals surface area contributed by atoms with Crippen molar-refractivity contribution in [3.05, 3.63) is 64.0 Å². The van der Waals surface area contributed by atoms with E-state index in [0.29, 0.717) is 17.5 Å². The molecule has 0 spiro atoms. The minimum absolute atomic E-state index is 0.536. The van der Waals surface area contributed by atoms with Gasteiger partial charge in [0.25, 0.3) is 0 Å². The molecule has 9 heteroatoms. The third-order valence-electron chi connectivity index (χ3n) is 3.65. The van der Waals surface area contributed by atoms with Crippen LogP contribution in [0.25, 0.3) is 0 Å². The molecule has 2 N–H and O–H groups in total. The Morgan fingerprint density at radius 1 is 1.23 bits per heavy atom. The van der Waals surface area contributed by atoms with Crippen LogP contribution in [0.5, 0.6) is 0 Å². The number of hydrogen-bond acceptors (Lipinski definition) is 3. The molecule has 0 fully saturated rings. The van der Waals surface area contributed by atoms with Crippen LogP contribution in [0.4, 0.5) is 5.82 Å². The molecule has 136 valence electrons. The molecule has 0 aliphatic carbocycles. The molecule has 0 bridgehead atoms. The highest BCUT2D eigenvalue weighted by Crippen LogP contribution is 2.22. The van der Waals surface area contributed by atoms with Crippen LogP contribution in [0.1, 0.15) is 12.0 Å². The second kappa shape index (κ2) is 9.16. The SMILES string of the molecule is S=C(NCCCn1cccn1)Nc1nn(Cc2ccccc2Cl)cc1Br. The number of rotatable bonds is 7. The Balaban J connectivity index is 1.49. The van der Waals surface area contributed by atoms with Crippen molar-refractivity contribution in [2.75, 3.05) is 11.9 Å². The molecule has 0 atom stereocenters. The number of thiocarbonyl (C=S) groups is 1. The quantitative estimate of drug-likeness (QED) is 0.419. The lowest BCUT2D eigenvalue weighted by Crippen LogP contribution is -2.30. The van der Waals surface area contributed by atoms with E-state index in [2.05, 4.69) is 36.8 Å². The second-order valence-electron chi connectivity index (χ2n) is 5.62. The number of halogens is 2. The monoisotopic (exact) mass is 452 g/mol. The Hall–Kier alpha value is -1.90. The highest BCUT2D eigenvalue weighted by molar-refractivity contribution is 9.10. The standard InChI is InChI=1S/C17H18BrClN6S/c18-14-12-25(11-13-5-1-2-6-15(13)19)23-16(14)22-17(26)20-7-3-9-24-10-4-8-21-24/h1-2,4-6,8,10,12H,3,7,9,11H2,(H2,20,22,23,26). The largest absolute Gasteiger partial charge is 0.362 e. The lowest BCUT2D eigenvalue weighted by atomic mass is 10.2. The molecule has 0 aliphatic heterocycles. The van der Waals surface area contributed by atoms with Crippen molar-refractivity contribution < 1.29 is 0 Å². The molecule has 1 aromatic carbocycles. The molecule has 3 aromatic rings. The Bertz CT molecular complexity index is 864. The Kier molecular flexibility index (Phi) is 6.65. The second-order valence-corrected chi connectivity index (χ2v) is 7.29. The first-order chi connectivity index (χ1) is 12.6. The van der Waals surface area contributed by atoms with Crippen molar-refractivity contribution in [2.24, 2.45) is 0 Å². The van der Waals surface area contributed by atoms with E-state index in [-0.39, 0.29) is 0 Å². The molecule has 2 aromatic heterocycles. The van der Waals surface area contributed by atoms with Crippen molar-refractivity contribution in [1.82, 2.24) is 24.9 Å². The fraction of sp³-hybridized carbons (Fsp3) is 0.235. The van der Waals surface area contributed by atoms with Gasteiger partial charge in [0.05, 0.1) is 11.0 Å². The van der Waals surface area contributed by atoms with Gasteiger partial charge in [-0.25, -0.2) is 0 Å². The number of nitrogens with one attached hydrogen (secondary N) is 2. The normalized spacial score (nSPS) is 10.7. The van der Waals surface area contributed by atoms with Gasteiger partial charge in [-0.15, -0.1) is 0 Å².